The first kappa shape index (κ1) is 22.3. The van der Waals surface area contributed by atoms with Gasteiger partial charge in [-0.1, -0.05) is 30.3 Å². The molecule has 2 aromatic rings. The van der Waals surface area contributed by atoms with Crippen LogP contribution in [0.2, 0.25) is 0 Å². The highest BCUT2D eigenvalue weighted by molar-refractivity contribution is 5.90. The van der Waals surface area contributed by atoms with E-state index in [0.717, 1.165) is 23.5 Å². The van der Waals surface area contributed by atoms with E-state index in [2.05, 4.69) is 36.3 Å². The molecule has 0 radical (unpaired) electrons. The second-order valence-electron chi connectivity index (χ2n) is 7.07. The third-order valence-electron chi connectivity index (χ3n) is 4.51. The molecule has 0 aliphatic heterocycles. The van der Waals surface area contributed by atoms with Gasteiger partial charge in [0.15, 0.2) is 0 Å². The molecular formula is C23H31N3O3. The van der Waals surface area contributed by atoms with Crippen molar-refractivity contribution >= 4 is 23.4 Å². The number of benzene rings is 2. The van der Waals surface area contributed by atoms with Crippen molar-refractivity contribution in [3.8, 4) is 0 Å². The van der Waals surface area contributed by atoms with Gasteiger partial charge in [-0.05, 0) is 57.0 Å². The van der Waals surface area contributed by atoms with Gasteiger partial charge in [0, 0.05) is 36.9 Å². The van der Waals surface area contributed by atoms with Gasteiger partial charge in [0.25, 0.3) is 0 Å². The van der Waals surface area contributed by atoms with Crippen molar-refractivity contribution in [3.05, 3.63) is 60.2 Å². The van der Waals surface area contributed by atoms with E-state index in [0.29, 0.717) is 25.4 Å². The van der Waals surface area contributed by atoms with E-state index in [9.17, 15) is 9.59 Å². The molecule has 0 heterocycles. The highest BCUT2D eigenvalue weighted by atomic mass is 16.5. The summed E-state index contributed by atoms with van der Waals surface area (Å²) in [6.45, 7) is 8.00. The van der Waals surface area contributed by atoms with E-state index in [1.54, 1.807) is 0 Å². The summed E-state index contributed by atoms with van der Waals surface area (Å²) in [6.07, 6.45) is 0.394. The van der Waals surface area contributed by atoms with Crippen LogP contribution >= 0.6 is 0 Å². The highest BCUT2D eigenvalue weighted by Gasteiger charge is 2.09. The summed E-state index contributed by atoms with van der Waals surface area (Å²) in [6, 6.07) is 17.8. The van der Waals surface area contributed by atoms with Crippen LogP contribution in [0.1, 0.15) is 39.2 Å². The first-order valence-electron chi connectivity index (χ1n) is 10.1. The van der Waals surface area contributed by atoms with Crippen molar-refractivity contribution < 1.29 is 14.3 Å². The number of hydrogen-bond acceptors (Lipinski definition) is 4. The second kappa shape index (κ2) is 11.7. The standard InChI is InChI=1S/C23H31N3O3/c1-4-26(18(2)3)21-14-12-20(13-15-21)25-22(27)11-8-16-24-23(28)29-17-19-9-6-5-7-10-19/h5-7,9-10,12-15,18H,4,8,11,16-17H2,1-3H3,(H,24,28)(H,25,27). The Hall–Kier alpha value is -3.02. The number of hydrogen-bond donors (Lipinski definition) is 2. The van der Waals surface area contributed by atoms with E-state index in [1.165, 1.54) is 0 Å². The molecule has 0 fully saturated rings. The summed E-state index contributed by atoms with van der Waals surface area (Å²) in [5.74, 6) is -0.0755. The molecule has 0 bridgehead atoms. The lowest BCUT2D eigenvalue weighted by molar-refractivity contribution is -0.116. The fourth-order valence-electron chi connectivity index (χ4n) is 3.02. The molecule has 6 nitrogen and oxygen atoms in total. The van der Waals surface area contributed by atoms with Crippen LogP contribution in [0.4, 0.5) is 16.2 Å². The van der Waals surface area contributed by atoms with Gasteiger partial charge in [-0.3, -0.25) is 4.79 Å². The summed E-state index contributed by atoms with van der Waals surface area (Å²) in [5, 5.41) is 5.55. The molecule has 0 spiro atoms. The molecular weight excluding hydrogens is 366 g/mol. The van der Waals surface area contributed by atoms with Gasteiger partial charge in [-0.25, -0.2) is 4.79 Å². The number of carbonyl (C=O) groups is 2. The van der Waals surface area contributed by atoms with E-state index in [-0.39, 0.29) is 12.5 Å². The van der Waals surface area contributed by atoms with E-state index in [1.807, 2.05) is 54.6 Å². The summed E-state index contributed by atoms with van der Waals surface area (Å²) in [7, 11) is 0. The van der Waals surface area contributed by atoms with Crippen molar-refractivity contribution in [2.45, 2.75) is 46.3 Å². The quantitative estimate of drug-likeness (QED) is 0.576. The van der Waals surface area contributed by atoms with E-state index >= 15 is 0 Å². The second-order valence-corrected chi connectivity index (χ2v) is 7.07. The van der Waals surface area contributed by atoms with E-state index in [4.69, 9.17) is 4.74 Å². The van der Waals surface area contributed by atoms with Crippen LogP contribution < -0.4 is 15.5 Å². The van der Waals surface area contributed by atoms with Gasteiger partial charge >= 0.3 is 6.09 Å². The van der Waals surface area contributed by atoms with Crippen molar-refractivity contribution in [1.29, 1.82) is 0 Å². The normalized spacial score (nSPS) is 10.5. The summed E-state index contributed by atoms with van der Waals surface area (Å²) in [5.41, 5.74) is 2.84. The zero-order valence-corrected chi connectivity index (χ0v) is 17.5. The molecule has 2 rings (SSSR count). The fourth-order valence-corrected chi connectivity index (χ4v) is 3.02. The van der Waals surface area contributed by atoms with Crippen LogP contribution in [-0.2, 0) is 16.1 Å². The molecule has 0 aliphatic carbocycles. The minimum Gasteiger partial charge on any atom is -0.445 e. The summed E-state index contributed by atoms with van der Waals surface area (Å²) >= 11 is 0. The van der Waals surface area contributed by atoms with Gasteiger partial charge in [-0.15, -0.1) is 0 Å². The van der Waals surface area contributed by atoms with Gasteiger partial charge in [0.05, 0.1) is 0 Å². The minimum atomic E-state index is -0.476. The van der Waals surface area contributed by atoms with Crippen LogP contribution in [0.15, 0.2) is 54.6 Å². The average molecular weight is 398 g/mol. The van der Waals surface area contributed by atoms with E-state index < -0.39 is 6.09 Å². The Bertz CT molecular complexity index is 761. The highest BCUT2D eigenvalue weighted by Crippen LogP contribution is 2.20. The molecule has 0 atom stereocenters. The molecule has 0 saturated heterocycles. The Kier molecular flexibility index (Phi) is 9.02. The zero-order chi connectivity index (χ0) is 21.1. The lowest BCUT2D eigenvalue weighted by Gasteiger charge is -2.27. The smallest absolute Gasteiger partial charge is 0.407 e. The maximum Gasteiger partial charge on any atom is 0.407 e. The molecule has 0 aromatic heterocycles. The Morgan fingerprint density at radius 2 is 1.72 bits per heavy atom. The first-order valence-corrected chi connectivity index (χ1v) is 10.1. The Labute approximate surface area is 173 Å². The number of carbonyl (C=O) groups excluding carboxylic acids is 2. The molecule has 0 saturated carbocycles. The monoisotopic (exact) mass is 397 g/mol. The third kappa shape index (κ3) is 7.86. The lowest BCUT2D eigenvalue weighted by atomic mass is 10.2. The van der Waals surface area contributed by atoms with Crippen LogP contribution in [-0.4, -0.2) is 31.1 Å². The Morgan fingerprint density at radius 3 is 2.34 bits per heavy atom. The van der Waals surface area contributed by atoms with Crippen LogP contribution in [0.5, 0.6) is 0 Å². The fraction of sp³-hybridized carbons (Fsp3) is 0.391. The molecule has 6 heteroatoms. The number of nitrogens with zero attached hydrogens (tertiary/aromatic N) is 1. The largest absolute Gasteiger partial charge is 0.445 e. The number of anilines is 2. The number of nitrogens with one attached hydrogen (secondary N) is 2. The first-order chi connectivity index (χ1) is 14.0. The maximum atomic E-state index is 12.1. The predicted octanol–water partition coefficient (Wildman–Crippen LogP) is 4.57. The van der Waals surface area contributed by atoms with Gasteiger partial charge in [0.1, 0.15) is 6.61 Å². The van der Waals surface area contributed by atoms with Crippen LogP contribution in [0.3, 0.4) is 0 Å². The van der Waals surface area contributed by atoms with Crippen LogP contribution in [0, 0.1) is 0 Å². The number of amides is 2. The van der Waals surface area contributed by atoms with Crippen molar-refractivity contribution in [2.24, 2.45) is 0 Å². The maximum absolute atomic E-state index is 12.1. The van der Waals surface area contributed by atoms with Crippen molar-refractivity contribution in [1.82, 2.24) is 5.32 Å². The molecule has 0 unspecified atom stereocenters. The topological polar surface area (TPSA) is 70.7 Å². The van der Waals surface area contributed by atoms with Gasteiger partial charge in [-0.2, -0.15) is 0 Å². The lowest BCUT2D eigenvalue weighted by Crippen LogP contribution is -2.30. The molecule has 2 N–H and O–H groups in total. The van der Waals surface area contributed by atoms with Crippen LogP contribution in [0.25, 0.3) is 0 Å². The predicted molar refractivity (Wildman–Crippen MR) is 117 cm³/mol. The number of rotatable bonds is 10. The van der Waals surface area contributed by atoms with Gasteiger partial charge in [0.2, 0.25) is 5.91 Å². The van der Waals surface area contributed by atoms with Gasteiger partial charge < -0.3 is 20.3 Å². The Balaban J connectivity index is 1.64. The SMILES string of the molecule is CCN(c1ccc(NC(=O)CCCNC(=O)OCc2ccccc2)cc1)C(C)C. The Morgan fingerprint density at radius 1 is 1.03 bits per heavy atom. The number of ether oxygens (including phenoxy) is 1. The number of alkyl carbamates (subject to hydrolysis) is 1. The minimum absolute atomic E-state index is 0.0755. The molecule has 156 valence electrons. The van der Waals surface area contributed by atoms with Crippen molar-refractivity contribution in [2.75, 3.05) is 23.3 Å². The molecule has 0 aliphatic rings. The average Bonchev–Trinajstić information content (AvgIpc) is 2.72. The summed E-state index contributed by atoms with van der Waals surface area (Å²) < 4.78 is 5.13. The molecule has 2 aromatic carbocycles. The summed E-state index contributed by atoms with van der Waals surface area (Å²) in [4.78, 5) is 26.0. The molecule has 2 amide bonds. The van der Waals surface area contributed by atoms with Crippen molar-refractivity contribution in [3.63, 3.8) is 0 Å². The molecule has 29 heavy (non-hydrogen) atoms. The zero-order valence-electron chi connectivity index (χ0n) is 17.5. The third-order valence-corrected chi connectivity index (χ3v) is 4.51.